The van der Waals surface area contributed by atoms with E-state index in [9.17, 15) is 4.79 Å². The molecule has 0 heterocycles. The standard InChI is InChI=1S/C15H22O2/c1-4-12-15(5-2,6-3)14(16)17-13-10-8-7-9-11-13/h7-11H,4-6,12H2,1-3H3. The van der Waals surface area contributed by atoms with Crippen LogP contribution >= 0.6 is 0 Å². The lowest BCUT2D eigenvalue weighted by Gasteiger charge is -2.28. The number of carbonyl (C=O) groups excluding carboxylic acids is 1. The van der Waals surface area contributed by atoms with Crippen molar-refractivity contribution in [3.63, 3.8) is 0 Å². The molecule has 0 atom stereocenters. The third-order valence-corrected chi connectivity index (χ3v) is 3.47. The molecule has 0 fully saturated rings. The van der Waals surface area contributed by atoms with Gasteiger partial charge in [0.1, 0.15) is 5.75 Å². The number of hydrogen-bond donors (Lipinski definition) is 0. The second-order valence-electron chi connectivity index (χ2n) is 4.44. The van der Waals surface area contributed by atoms with E-state index in [2.05, 4.69) is 20.8 Å². The lowest BCUT2D eigenvalue weighted by molar-refractivity contribution is -0.147. The summed E-state index contributed by atoms with van der Waals surface area (Å²) in [5, 5.41) is 0. The molecule has 0 aromatic heterocycles. The van der Waals surface area contributed by atoms with Crippen LogP contribution < -0.4 is 4.74 Å². The minimum atomic E-state index is -0.315. The van der Waals surface area contributed by atoms with Gasteiger partial charge in [0.05, 0.1) is 5.41 Å². The largest absolute Gasteiger partial charge is 0.426 e. The van der Waals surface area contributed by atoms with Gasteiger partial charge in [0, 0.05) is 0 Å². The van der Waals surface area contributed by atoms with Crippen LogP contribution in [0.15, 0.2) is 30.3 Å². The number of carbonyl (C=O) groups is 1. The van der Waals surface area contributed by atoms with E-state index < -0.39 is 0 Å². The highest BCUT2D eigenvalue weighted by Crippen LogP contribution is 2.33. The Morgan fingerprint density at radius 1 is 1.12 bits per heavy atom. The molecule has 2 nitrogen and oxygen atoms in total. The highest BCUT2D eigenvalue weighted by atomic mass is 16.5. The average Bonchev–Trinajstić information content (AvgIpc) is 2.37. The fourth-order valence-electron chi connectivity index (χ4n) is 2.18. The zero-order valence-electron chi connectivity index (χ0n) is 11.0. The van der Waals surface area contributed by atoms with E-state index >= 15 is 0 Å². The molecular weight excluding hydrogens is 212 g/mol. The van der Waals surface area contributed by atoms with Gasteiger partial charge in [-0.15, -0.1) is 0 Å². The minimum Gasteiger partial charge on any atom is -0.426 e. The highest BCUT2D eigenvalue weighted by molar-refractivity contribution is 5.79. The van der Waals surface area contributed by atoms with Crippen molar-refractivity contribution >= 4 is 5.97 Å². The van der Waals surface area contributed by atoms with Crippen LogP contribution in [0.1, 0.15) is 46.5 Å². The summed E-state index contributed by atoms with van der Waals surface area (Å²) in [5.74, 6) is 0.551. The quantitative estimate of drug-likeness (QED) is 0.544. The van der Waals surface area contributed by atoms with E-state index in [1.165, 1.54) is 0 Å². The molecule has 1 aromatic rings. The predicted molar refractivity (Wildman–Crippen MR) is 70.0 cm³/mol. The van der Waals surface area contributed by atoms with Gasteiger partial charge in [0.2, 0.25) is 0 Å². The lowest BCUT2D eigenvalue weighted by Crippen LogP contribution is -2.33. The number of ether oxygens (including phenoxy) is 1. The van der Waals surface area contributed by atoms with Crippen LogP contribution in [0.2, 0.25) is 0 Å². The van der Waals surface area contributed by atoms with Crippen LogP contribution in [0.5, 0.6) is 5.75 Å². The molecule has 0 radical (unpaired) electrons. The topological polar surface area (TPSA) is 26.3 Å². The Hall–Kier alpha value is -1.31. The van der Waals surface area contributed by atoms with Gasteiger partial charge in [-0.25, -0.2) is 0 Å². The summed E-state index contributed by atoms with van der Waals surface area (Å²) in [4.78, 5) is 12.3. The van der Waals surface area contributed by atoms with Crippen molar-refractivity contribution in [2.75, 3.05) is 0 Å². The molecule has 0 aliphatic carbocycles. The summed E-state index contributed by atoms with van der Waals surface area (Å²) in [6, 6.07) is 9.31. The van der Waals surface area contributed by atoms with Crippen LogP contribution in [-0.4, -0.2) is 5.97 Å². The first-order valence-electron chi connectivity index (χ1n) is 6.46. The Morgan fingerprint density at radius 2 is 1.71 bits per heavy atom. The number of benzene rings is 1. The molecule has 0 aliphatic heterocycles. The molecule has 2 heteroatoms. The third-order valence-electron chi connectivity index (χ3n) is 3.47. The van der Waals surface area contributed by atoms with Crippen LogP contribution in [-0.2, 0) is 4.79 Å². The molecule has 1 rings (SSSR count). The van der Waals surface area contributed by atoms with Crippen LogP contribution in [0, 0.1) is 5.41 Å². The minimum absolute atomic E-state index is 0.0875. The van der Waals surface area contributed by atoms with Gasteiger partial charge in [-0.1, -0.05) is 45.4 Å². The summed E-state index contributed by atoms with van der Waals surface area (Å²) in [6.45, 7) is 6.23. The molecule has 0 N–H and O–H groups in total. The fourth-order valence-corrected chi connectivity index (χ4v) is 2.18. The van der Waals surface area contributed by atoms with Crippen molar-refractivity contribution in [2.24, 2.45) is 5.41 Å². The fraction of sp³-hybridized carbons (Fsp3) is 0.533. The molecule has 0 spiro atoms. The Kier molecular flexibility index (Phi) is 5.20. The molecule has 17 heavy (non-hydrogen) atoms. The first-order valence-corrected chi connectivity index (χ1v) is 6.46. The Bertz CT molecular complexity index is 339. The molecule has 94 valence electrons. The van der Waals surface area contributed by atoms with E-state index in [0.29, 0.717) is 5.75 Å². The van der Waals surface area contributed by atoms with E-state index in [-0.39, 0.29) is 11.4 Å². The van der Waals surface area contributed by atoms with Gasteiger partial charge in [-0.3, -0.25) is 4.79 Å². The monoisotopic (exact) mass is 234 g/mol. The maximum atomic E-state index is 12.3. The van der Waals surface area contributed by atoms with Gasteiger partial charge in [-0.2, -0.15) is 0 Å². The first-order chi connectivity index (χ1) is 8.18. The SMILES string of the molecule is CCCC(CC)(CC)C(=O)Oc1ccccc1. The van der Waals surface area contributed by atoms with Crippen molar-refractivity contribution in [2.45, 2.75) is 46.5 Å². The summed E-state index contributed by atoms with van der Waals surface area (Å²) < 4.78 is 5.48. The predicted octanol–water partition coefficient (Wildman–Crippen LogP) is 4.20. The molecule has 0 bridgehead atoms. The van der Waals surface area contributed by atoms with Gasteiger partial charge in [0.15, 0.2) is 0 Å². The van der Waals surface area contributed by atoms with Gasteiger partial charge in [0.25, 0.3) is 0 Å². The molecule has 0 saturated carbocycles. The first kappa shape index (κ1) is 13.8. The molecule has 0 aliphatic rings. The Morgan fingerprint density at radius 3 is 2.18 bits per heavy atom. The molecule has 0 unspecified atom stereocenters. The van der Waals surface area contributed by atoms with Gasteiger partial charge < -0.3 is 4.74 Å². The van der Waals surface area contributed by atoms with Crippen molar-refractivity contribution in [1.29, 1.82) is 0 Å². The summed E-state index contributed by atoms with van der Waals surface area (Å²) in [6.07, 6.45) is 3.57. The zero-order valence-corrected chi connectivity index (χ0v) is 11.0. The summed E-state index contributed by atoms with van der Waals surface area (Å²) >= 11 is 0. The lowest BCUT2D eigenvalue weighted by atomic mass is 9.78. The van der Waals surface area contributed by atoms with Crippen molar-refractivity contribution < 1.29 is 9.53 Å². The van der Waals surface area contributed by atoms with Crippen molar-refractivity contribution in [3.05, 3.63) is 30.3 Å². The average molecular weight is 234 g/mol. The normalized spacial score (nSPS) is 11.2. The van der Waals surface area contributed by atoms with E-state index in [1.54, 1.807) is 0 Å². The smallest absolute Gasteiger partial charge is 0.317 e. The van der Waals surface area contributed by atoms with E-state index in [1.807, 2.05) is 30.3 Å². The van der Waals surface area contributed by atoms with Gasteiger partial charge >= 0.3 is 5.97 Å². The Labute approximate surface area is 104 Å². The van der Waals surface area contributed by atoms with Crippen LogP contribution in [0.3, 0.4) is 0 Å². The van der Waals surface area contributed by atoms with Crippen molar-refractivity contribution in [1.82, 2.24) is 0 Å². The van der Waals surface area contributed by atoms with Gasteiger partial charge in [-0.05, 0) is 31.4 Å². The van der Waals surface area contributed by atoms with Crippen LogP contribution in [0.4, 0.5) is 0 Å². The number of esters is 1. The second-order valence-corrected chi connectivity index (χ2v) is 4.44. The maximum absolute atomic E-state index is 12.3. The molecular formula is C15H22O2. The number of para-hydroxylation sites is 1. The molecule has 0 saturated heterocycles. The summed E-state index contributed by atoms with van der Waals surface area (Å²) in [7, 11) is 0. The summed E-state index contributed by atoms with van der Waals surface area (Å²) in [5.41, 5.74) is -0.315. The van der Waals surface area contributed by atoms with E-state index in [0.717, 1.165) is 25.7 Å². The van der Waals surface area contributed by atoms with Crippen LogP contribution in [0.25, 0.3) is 0 Å². The number of hydrogen-bond acceptors (Lipinski definition) is 2. The van der Waals surface area contributed by atoms with E-state index in [4.69, 9.17) is 4.74 Å². The molecule has 1 aromatic carbocycles. The third kappa shape index (κ3) is 3.32. The highest BCUT2D eigenvalue weighted by Gasteiger charge is 2.35. The maximum Gasteiger partial charge on any atom is 0.317 e. The second kappa shape index (κ2) is 6.43. The zero-order chi connectivity index (χ0) is 12.7. The molecule has 0 amide bonds. The van der Waals surface area contributed by atoms with Crippen molar-refractivity contribution in [3.8, 4) is 5.75 Å². The Balaban J connectivity index is 2.79. The number of rotatable bonds is 6.